The van der Waals surface area contributed by atoms with Crippen molar-refractivity contribution in [1.82, 2.24) is 4.98 Å². The highest BCUT2D eigenvalue weighted by Crippen LogP contribution is 2.25. The van der Waals surface area contributed by atoms with Crippen molar-refractivity contribution < 1.29 is 4.42 Å². The summed E-state index contributed by atoms with van der Waals surface area (Å²) in [6.45, 7) is 0. The Labute approximate surface area is 94.2 Å². The molecule has 0 bridgehead atoms. The quantitative estimate of drug-likeness (QED) is 0.807. The van der Waals surface area contributed by atoms with Gasteiger partial charge in [0.2, 0.25) is 0 Å². The molecule has 0 radical (unpaired) electrons. The van der Waals surface area contributed by atoms with Gasteiger partial charge < -0.3 is 4.42 Å². The number of H-pyrrole nitrogens is 1. The molecule has 6 heteroatoms. The topological polar surface area (TPSA) is 63.1 Å². The lowest BCUT2D eigenvalue weighted by atomic mass is 10.2. The smallest absolute Gasteiger partial charge is 0.372 e. The molecule has 0 aliphatic rings. The highest BCUT2D eigenvalue weighted by molar-refractivity contribution is 9.11. The molecule has 0 spiro atoms. The summed E-state index contributed by atoms with van der Waals surface area (Å²) in [5.74, 6) is -0.763. The molecule has 2 rings (SSSR count). The molecule has 1 aromatic carbocycles. The van der Waals surface area contributed by atoms with Crippen LogP contribution in [0.25, 0.3) is 10.9 Å². The summed E-state index contributed by atoms with van der Waals surface area (Å²) in [6, 6.07) is 3.42. The molecule has 0 aliphatic heterocycles. The number of aromatic nitrogens is 1. The van der Waals surface area contributed by atoms with E-state index < -0.39 is 11.4 Å². The summed E-state index contributed by atoms with van der Waals surface area (Å²) in [6.07, 6.45) is 0. The summed E-state index contributed by atoms with van der Waals surface area (Å²) in [5.41, 5.74) is -0.224. The van der Waals surface area contributed by atoms with E-state index in [1.165, 1.54) is 0 Å². The molecular formula is C8H3Br2NO3. The first-order chi connectivity index (χ1) is 6.59. The van der Waals surface area contributed by atoms with Crippen molar-refractivity contribution >= 4 is 42.8 Å². The van der Waals surface area contributed by atoms with Crippen molar-refractivity contribution in [1.29, 1.82) is 0 Å². The Hall–Kier alpha value is -0.880. The molecule has 14 heavy (non-hydrogen) atoms. The first-order valence-corrected chi connectivity index (χ1v) is 5.19. The van der Waals surface area contributed by atoms with Gasteiger partial charge in [0.15, 0.2) is 0 Å². The van der Waals surface area contributed by atoms with Crippen LogP contribution in [-0.4, -0.2) is 4.98 Å². The van der Waals surface area contributed by atoms with Gasteiger partial charge in [0.05, 0.1) is 10.9 Å². The van der Waals surface area contributed by atoms with Gasteiger partial charge in [0, 0.05) is 8.95 Å². The average molecular weight is 321 g/mol. The Bertz CT molecular complexity index is 614. The van der Waals surface area contributed by atoms with Crippen molar-refractivity contribution in [2.75, 3.05) is 0 Å². The number of nitrogens with one attached hydrogen (secondary N) is 1. The SMILES string of the molecule is O=c1[nH]c2c(Br)ccc(Br)c2c(=O)o1. The highest BCUT2D eigenvalue weighted by Gasteiger charge is 2.09. The minimum absolute atomic E-state index is 0.318. The van der Waals surface area contributed by atoms with Crippen LogP contribution >= 0.6 is 31.9 Å². The Morgan fingerprint density at radius 3 is 2.50 bits per heavy atom. The number of fused-ring (bicyclic) bond motifs is 1. The van der Waals surface area contributed by atoms with Crippen molar-refractivity contribution in [3.63, 3.8) is 0 Å². The minimum Gasteiger partial charge on any atom is -0.372 e. The van der Waals surface area contributed by atoms with Gasteiger partial charge in [-0.1, -0.05) is 0 Å². The number of rotatable bonds is 0. The Morgan fingerprint density at radius 1 is 1.14 bits per heavy atom. The van der Waals surface area contributed by atoms with Gasteiger partial charge in [-0.15, -0.1) is 0 Å². The molecule has 4 nitrogen and oxygen atoms in total. The molecule has 0 saturated carbocycles. The van der Waals surface area contributed by atoms with Crippen LogP contribution in [0.15, 0.2) is 35.1 Å². The standard InChI is InChI=1S/C8H3Br2NO3/c9-3-1-2-4(10)6-5(3)7(12)14-8(13)11-6/h1-2H,(H,11,13). The molecule has 0 saturated heterocycles. The van der Waals surface area contributed by atoms with Crippen molar-refractivity contribution in [2.24, 2.45) is 0 Å². The lowest BCUT2D eigenvalue weighted by Gasteiger charge is -1.99. The van der Waals surface area contributed by atoms with E-state index in [4.69, 9.17) is 0 Å². The van der Waals surface area contributed by atoms with Gasteiger partial charge in [-0.05, 0) is 44.0 Å². The number of halogens is 2. The summed E-state index contributed by atoms with van der Waals surface area (Å²) >= 11 is 6.43. The molecular weight excluding hydrogens is 318 g/mol. The number of aromatic amines is 1. The van der Waals surface area contributed by atoms with Crippen LogP contribution in [0.2, 0.25) is 0 Å². The molecule has 0 unspecified atom stereocenters. The largest absolute Gasteiger partial charge is 0.419 e. The zero-order valence-corrected chi connectivity index (χ0v) is 9.81. The fourth-order valence-electron chi connectivity index (χ4n) is 1.14. The third-order valence-electron chi connectivity index (χ3n) is 1.72. The zero-order chi connectivity index (χ0) is 10.3. The van der Waals surface area contributed by atoms with E-state index in [9.17, 15) is 9.59 Å². The zero-order valence-electron chi connectivity index (χ0n) is 6.64. The van der Waals surface area contributed by atoms with E-state index in [-0.39, 0.29) is 0 Å². The number of hydrogen-bond acceptors (Lipinski definition) is 3. The van der Waals surface area contributed by atoms with Crippen molar-refractivity contribution in [3.05, 3.63) is 42.0 Å². The normalized spacial score (nSPS) is 10.7. The number of benzene rings is 1. The highest BCUT2D eigenvalue weighted by atomic mass is 79.9. The first kappa shape index (κ1) is 9.67. The summed E-state index contributed by atoms with van der Waals surface area (Å²) in [5, 5.41) is 0.318. The van der Waals surface area contributed by atoms with Crippen LogP contribution in [0.4, 0.5) is 0 Å². The van der Waals surface area contributed by atoms with Crippen LogP contribution in [0, 0.1) is 0 Å². The predicted octanol–water partition coefficient (Wildman–Crippen LogP) is 2.01. The molecule has 72 valence electrons. The molecule has 1 heterocycles. The fourth-order valence-corrected chi connectivity index (χ4v) is 2.06. The van der Waals surface area contributed by atoms with Crippen molar-refractivity contribution in [2.45, 2.75) is 0 Å². The number of hydrogen-bond donors (Lipinski definition) is 1. The van der Waals surface area contributed by atoms with E-state index in [1.54, 1.807) is 12.1 Å². The molecule has 1 aromatic heterocycles. The van der Waals surface area contributed by atoms with Crippen LogP contribution in [0.5, 0.6) is 0 Å². The van der Waals surface area contributed by atoms with E-state index in [0.29, 0.717) is 19.8 Å². The van der Waals surface area contributed by atoms with Gasteiger partial charge in [-0.25, -0.2) is 9.59 Å². The molecule has 0 atom stereocenters. The molecule has 1 N–H and O–H groups in total. The van der Waals surface area contributed by atoms with Gasteiger partial charge >= 0.3 is 11.4 Å². The van der Waals surface area contributed by atoms with Gasteiger partial charge in [0.1, 0.15) is 0 Å². The minimum atomic E-state index is -0.763. The van der Waals surface area contributed by atoms with E-state index in [2.05, 4.69) is 41.3 Å². The Balaban J connectivity index is 3.16. The predicted molar refractivity (Wildman–Crippen MR) is 58.5 cm³/mol. The van der Waals surface area contributed by atoms with Gasteiger partial charge in [-0.2, -0.15) is 0 Å². The molecule has 0 fully saturated rings. The second kappa shape index (κ2) is 3.36. The Morgan fingerprint density at radius 2 is 1.79 bits per heavy atom. The Kier molecular flexibility index (Phi) is 2.32. The maximum atomic E-state index is 11.3. The average Bonchev–Trinajstić information content (AvgIpc) is 2.10. The maximum absolute atomic E-state index is 11.3. The van der Waals surface area contributed by atoms with E-state index >= 15 is 0 Å². The maximum Gasteiger partial charge on any atom is 0.419 e. The second-order valence-electron chi connectivity index (χ2n) is 2.58. The lowest BCUT2D eigenvalue weighted by Crippen LogP contribution is -2.15. The summed E-state index contributed by atoms with van der Waals surface area (Å²) < 4.78 is 5.63. The van der Waals surface area contributed by atoms with Gasteiger partial charge in [0.25, 0.3) is 0 Å². The van der Waals surface area contributed by atoms with Crippen LogP contribution in [0.3, 0.4) is 0 Å². The van der Waals surface area contributed by atoms with Crippen LogP contribution in [-0.2, 0) is 0 Å². The first-order valence-electron chi connectivity index (χ1n) is 3.61. The fraction of sp³-hybridized carbons (Fsp3) is 0. The third kappa shape index (κ3) is 1.44. The summed E-state index contributed by atoms with van der Waals surface area (Å²) in [7, 11) is 0. The van der Waals surface area contributed by atoms with Crippen LogP contribution < -0.4 is 11.4 Å². The molecule has 2 aromatic rings. The van der Waals surface area contributed by atoms with Gasteiger partial charge in [-0.3, -0.25) is 4.98 Å². The van der Waals surface area contributed by atoms with E-state index in [0.717, 1.165) is 0 Å². The third-order valence-corrected chi connectivity index (χ3v) is 3.04. The monoisotopic (exact) mass is 319 g/mol. The molecule has 0 aliphatic carbocycles. The second-order valence-corrected chi connectivity index (χ2v) is 4.29. The van der Waals surface area contributed by atoms with E-state index in [1.807, 2.05) is 0 Å². The van der Waals surface area contributed by atoms with Crippen molar-refractivity contribution in [3.8, 4) is 0 Å². The van der Waals surface area contributed by atoms with Crippen LogP contribution in [0.1, 0.15) is 0 Å². The lowest BCUT2D eigenvalue weighted by molar-refractivity contribution is 0.459. The summed E-state index contributed by atoms with van der Waals surface area (Å²) in [4.78, 5) is 24.7. The molecule has 0 amide bonds.